The van der Waals surface area contributed by atoms with Gasteiger partial charge >= 0.3 is 5.97 Å². The first kappa shape index (κ1) is 15.4. The molecule has 94 valence electrons. The number of hydrogen-bond donors (Lipinski definition) is 0. The summed E-state index contributed by atoms with van der Waals surface area (Å²) < 4.78 is 9.98. The third kappa shape index (κ3) is 5.35. The Hall–Kier alpha value is -1.55. The van der Waals surface area contributed by atoms with Crippen molar-refractivity contribution in [1.29, 1.82) is 0 Å². The van der Waals surface area contributed by atoms with Gasteiger partial charge < -0.3 is 9.47 Å². The van der Waals surface area contributed by atoms with E-state index in [1.54, 1.807) is 6.08 Å². The van der Waals surface area contributed by atoms with E-state index in [-0.39, 0.29) is 16.7 Å². The second-order valence-corrected chi connectivity index (χ2v) is 3.26. The van der Waals surface area contributed by atoms with Crippen molar-refractivity contribution in [3.8, 4) is 0 Å². The van der Waals surface area contributed by atoms with Crippen molar-refractivity contribution >= 4 is 23.0 Å². The first-order valence-electron chi connectivity index (χ1n) is 5.25. The van der Waals surface area contributed by atoms with Crippen LogP contribution >= 0.6 is 0 Å². The van der Waals surface area contributed by atoms with Crippen LogP contribution in [0.2, 0.25) is 0 Å². The van der Waals surface area contributed by atoms with Gasteiger partial charge in [-0.2, -0.15) is 0 Å². The highest BCUT2D eigenvalue weighted by atomic mass is 28.1. The Morgan fingerprint density at radius 2 is 1.94 bits per heavy atom. The van der Waals surface area contributed by atoms with Crippen LogP contribution < -0.4 is 0 Å². The summed E-state index contributed by atoms with van der Waals surface area (Å²) >= 11 is 0. The van der Waals surface area contributed by atoms with Crippen molar-refractivity contribution in [3.05, 3.63) is 41.7 Å². The van der Waals surface area contributed by atoms with Crippen molar-refractivity contribution in [3.63, 3.8) is 0 Å². The van der Waals surface area contributed by atoms with E-state index in [4.69, 9.17) is 9.47 Å². The van der Waals surface area contributed by atoms with Gasteiger partial charge in [-0.25, -0.2) is 4.79 Å². The summed E-state index contributed by atoms with van der Waals surface area (Å²) in [7, 11) is 1.46. The standard InChI is InChI=1S/C13H16O3.H4Si/c1-3-9-16-13(14)12(15-2)10-11-7-5-4-6-8-11;/h4-8,10H,3,9H2,1-2H3;1H4. The van der Waals surface area contributed by atoms with Gasteiger partial charge in [0.05, 0.1) is 13.7 Å². The number of carbonyl (C=O) groups is 1. The molecule has 3 nitrogen and oxygen atoms in total. The summed E-state index contributed by atoms with van der Waals surface area (Å²) in [4.78, 5) is 11.5. The first-order valence-corrected chi connectivity index (χ1v) is 5.25. The molecular weight excluding hydrogens is 232 g/mol. The van der Waals surface area contributed by atoms with Crippen LogP contribution in [-0.4, -0.2) is 30.7 Å². The molecule has 17 heavy (non-hydrogen) atoms. The fourth-order valence-corrected chi connectivity index (χ4v) is 1.17. The third-order valence-electron chi connectivity index (χ3n) is 1.96. The van der Waals surface area contributed by atoms with Crippen molar-refractivity contribution in [2.45, 2.75) is 13.3 Å². The number of esters is 1. The maximum absolute atomic E-state index is 11.5. The van der Waals surface area contributed by atoms with Gasteiger partial charge in [0.15, 0.2) is 0 Å². The Morgan fingerprint density at radius 1 is 1.29 bits per heavy atom. The molecule has 0 atom stereocenters. The molecule has 0 aromatic heterocycles. The van der Waals surface area contributed by atoms with Gasteiger partial charge in [-0.05, 0) is 29.0 Å². The molecule has 0 spiro atoms. The van der Waals surface area contributed by atoms with Crippen molar-refractivity contribution in [2.75, 3.05) is 13.7 Å². The second kappa shape index (κ2) is 8.58. The molecule has 0 fully saturated rings. The van der Waals surface area contributed by atoms with Crippen LogP contribution in [0.15, 0.2) is 36.1 Å². The monoisotopic (exact) mass is 252 g/mol. The van der Waals surface area contributed by atoms with Gasteiger partial charge in [0.2, 0.25) is 5.76 Å². The fourth-order valence-electron chi connectivity index (χ4n) is 1.17. The predicted molar refractivity (Wildman–Crippen MR) is 74.0 cm³/mol. The summed E-state index contributed by atoms with van der Waals surface area (Å²) in [6, 6.07) is 9.50. The Kier molecular flexibility index (Phi) is 7.80. The lowest BCUT2D eigenvalue weighted by molar-refractivity contribution is -0.142. The van der Waals surface area contributed by atoms with E-state index in [2.05, 4.69) is 0 Å². The number of hydrogen-bond acceptors (Lipinski definition) is 3. The Labute approximate surface area is 106 Å². The molecule has 0 N–H and O–H groups in total. The predicted octanol–water partition coefficient (Wildman–Crippen LogP) is 1.18. The highest BCUT2D eigenvalue weighted by Crippen LogP contribution is 2.08. The van der Waals surface area contributed by atoms with Crippen LogP contribution in [0.3, 0.4) is 0 Å². The first-order chi connectivity index (χ1) is 7.77. The van der Waals surface area contributed by atoms with E-state index in [9.17, 15) is 4.79 Å². The van der Waals surface area contributed by atoms with Gasteiger partial charge in [0.25, 0.3) is 0 Å². The largest absolute Gasteiger partial charge is 0.490 e. The molecule has 0 saturated heterocycles. The molecule has 0 aliphatic rings. The van der Waals surface area contributed by atoms with Crippen LogP contribution in [-0.2, 0) is 14.3 Å². The van der Waals surface area contributed by atoms with Gasteiger partial charge in [-0.1, -0.05) is 37.3 Å². The molecule has 0 radical (unpaired) electrons. The van der Waals surface area contributed by atoms with Crippen LogP contribution in [0.1, 0.15) is 18.9 Å². The average molecular weight is 252 g/mol. The molecule has 0 bridgehead atoms. The Morgan fingerprint density at radius 3 is 2.47 bits per heavy atom. The second-order valence-electron chi connectivity index (χ2n) is 3.26. The van der Waals surface area contributed by atoms with Crippen LogP contribution in [0.25, 0.3) is 6.08 Å². The van der Waals surface area contributed by atoms with Gasteiger partial charge in [-0.15, -0.1) is 0 Å². The van der Waals surface area contributed by atoms with Crippen LogP contribution in [0, 0.1) is 0 Å². The van der Waals surface area contributed by atoms with Crippen molar-refractivity contribution < 1.29 is 14.3 Å². The molecule has 1 rings (SSSR count). The number of benzene rings is 1. The minimum atomic E-state index is -0.423. The van der Waals surface area contributed by atoms with E-state index in [1.165, 1.54) is 7.11 Å². The lowest BCUT2D eigenvalue weighted by Gasteiger charge is -2.06. The zero-order chi connectivity index (χ0) is 11.8. The molecule has 1 aromatic rings. The Balaban J connectivity index is 0.00000256. The molecule has 0 aliphatic carbocycles. The minimum absolute atomic E-state index is 0. The van der Waals surface area contributed by atoms with Crippen molar-refractivity contribution in [1.82, 2.24) is 0 Å². The molecule has 1 aromatic carbocycles. The Bertz CT molecular complexity index is 360. The number of rotatable bonds is 5. The minimum Gasteiger partial charge on any atom is -0.490 e. The number of methoxy groups -OCH3 is 1. The zero-order valence-corrected chi connectivity index (χ0v) is 9.60. The highest BCUT2D eigenvalue weighted by Gasteiger charge is 2.10. The smallest absolute Gasteiger partial charge is 0.373 e. The van der Waals surface area contributed by atoms with E-state index in [0.717, 1.165) is 12.0 Å². The topological polar surface area (TPSA) is 35.5 Å². The van der Waals surface area contributed by atoms with E-state index in [1.807, 2.05) is 37.3 Å². The average Bonchev–Trinajstić information content (AvgIpc) is 2.34. The molecule has 0 unspecified atom stereocenters. The molecular formula is C13H20O3Si. The van der Waals surface area contributed by atoms with Gasteiger partial charge in [-0.3, -0.25) is 0 Å². The molecule has 0 saturated carbocycles. The number of ether oxygens (including phenoxy) is 2. The summed E-state index contributed by atoms with van der Waals surface area (Å²) in [5, 5.41) is 0. The highest BCUT2D eigenvalue weighted by molar-refractivity contribution is 5.91. The summed E-state index contributed by atoms with van der Waals surface area (Å²) in [6.07, 6.45) is 2.46. The maximum Gasteiger partial charge on any atom is 0.373 e. The molecule has 4 heteroatoms. The molecule has 0 heterocycles. The molecule has 0 amide bonds. The van der Waals surface area contributed by atoms with E-state index >= 15 is 0 Å². The zero-order valence-electron chi connectivity index (χ0n) is 9.60. The third-order valence-corrected chi connectivity index (χ3v) is 1.96. The SMILES string of the molecule is CCCOC(=O)C(=Cc1ccccc1)OC.[SiH4]. The summed E-state index contributed by atoms with van der Waals surface area (Å²) in [5.74, 6) is -0.201. The van der Waals surface area contributed by atoms with Crippen LogP contribution in [0.5, 0.6) is 0 Å². The summed E-state index contributed by atoms with van der Waals surface area (Å²) in [6.45, 7) is 2.36. The quantitative estimate of drug-likeness (QED) is 0.342. The maximum atomic E-state index is 11.5. The normalized spacial score (nSPS) is 10.4. The van der Waals surface area contributed by atoms with Gasteiger partial charge in [0.1, 0.15) is 0 Å². The van der Waals surface area contributed by atoms with E-state index in [0.29, 0.717) is 6.61 Å². The lowest BCUT2D eigenvalue weighted by atomic mass is 10.2. The summed E-state index contributed by atoms with van der Waals surface area (Å²) in [5.41, 5.74) is 0.910. The van der Waals surface area contributed by atoms with E-state index < -0.39 is 5.97 Å². The van der Waals surface area contributed by atoms with Gasteiger partial charge in [0, 0.05) is 0 Å². The lowest BCUT2D eigenvalue weighted by Crippen LogP contribution is -2.09. The van der Waals surface area contributed by atoms with Crippen molar-refractivity contribution in [2.24, 2.45) is 0 Å². The fraction of sp³-hybridized carbons (Fsp3) is 0.308. The number of carbonyl (C=O) groups excluding carboxylic acids is 1. The molecule has 0 aliphatic heterocycles. The van der Waals surface area contributed by atoms with Crippen LogP contribution in [0.4, 0.5) is 0 Å².